The molecule has 0 saturated carbocycles. The molecule has 9 nitrogen and oxygen atoms in total. The maximum atomic E-state index is 13.2. The molecule has 0 aliphatic carbocycles. The second-order valence-corrected chi connectivity index (χ2v) is 8.30. The number of alkyl carbamates (subject to hydrolysis) is 1. The molecule has 1 rings (SSSR count). The van der Waals surface area contributed by atoms with E-state index in [1.165, 1.54) is 0 Å². The van der Waals surface area contributed by atoms with Crippen molar-refractivity contribution in [3.63, 3.8) is 0 Å². The summed E-state index contributed by atoms with van der Waals surface area (Å²) in [5, 5.41) is 5.01. The van der Waals surface area contributed by atoms with Gasteiger partial charge < -0.3 is 20.1 Å². The monoisotopic (exact) mass is 459 g/mol. The second kappa shape index (κ2) is 12.5. The quantitative estimate of drug-likeness (QED) is 0.333. The van der Waals surface area contributed by atoms with Gasteiger partial charge in [-0.1, -0.05) is 24.6 Å². The largest absolute Gasteiger partial charge is 0.466 e. The molecule has 0 aliphatic heterocycles. The smallest absolute Gasteiger partial charge is 0.408 e. The van der Waals surface area contributed by atoms with Gasteiger partial charge in [-0.15, -0.1) is 0 Å². The third kappa shape index (κ3) is 8.85. The average Bonchev–Trinajstić information content (AvgIpc) is 2.70. The summed E-state index contributed by atoms with van der Waals surface area (Å²) < 4.78 is 10.00. The maximum absolute atomic E-state index is 13.2. The number of rotatable bonds is 9. The first kappa shape index (κ1) is 27.5. The van der Waals surface area contributed by atoms with Crippen LogP contribution in [0.3, 0.4) is 0 Å². The minimum absolute atomic E-state index is 0.0157. The molecule has 9 heteroatoms. The molecular weight excluding hydrogens is 426 g/mol. The van der Waals surface area contributed by atoms with E-state index >= 15 is 0 Å². The summed E-state index contributed by atoms with van der Waals surface area (Å²) >= 11 is 0. The molecule has 1 aromatic carbocycles. The number of esters is 1. The van der Waals surface area contributed by atoms with Gasteiger partial charge in [0.15, 0.2) is 0 Å². The first-order valence-corrected chi connectivity index (χ1v) is 10.7. The Morgan fingerprint density at radius 2 is 1.73 bits per heavy atom. The van der Waals surface area contributed by atoms with E-state index in [4.69, 9.17) is 15.9 Å². The Kier molecular flexibility index (Phi) is 10.4. The third-order valence-corrected chi connectivity index (χ3v) is 4.45. The standard InChI is InChI=1S/C24H33N3O6/c1-8-27(18(28)15-26-23(31)33-24(5,6)7)21(20-16(3)11-10-12-17(20)4)22(30)25-14-13-19(29)32-9-2/h1,10-12,21H,9,13-15H2,2-7H3,(H,25,30)(H,26,31). The van der Waals surface area contributed by atoms with Crippen LogP contribution in [0.15, 0.2) is 18.2 Å². The third-order valence-electron chi connectivity index (χ3n) is 4.45. The zero-order chi connectivity index (χ0) is 25.2. The lowest BCUT2D eigenvalue weighted by Crippen LogP contribution is -2.46. The zero-order valence-electron chi connectivity index (χ0n) is 20.1. The molecule has 0 fully saturated rings. The fourth-order valence-corrected chi connectivity index (χ4v) is 3.09. The molecule has 0 heterocycles. The number of hydrogen-bond donors (Lipinski definition) is 2. The van der Waals surface area contributed by atoms with Crippen molar-refractivity contribution in [3.8, 4) is 12.5 Å². The fourth-order valence-electron chi connectivity index (χ4n) is 3.09. The van der Waals surface area contributed by atoms with Crippen LogP contribution in [-0.4, -0.2) is 54.1 Å². The predicted molar refractivity (Wildman–Crippen MR) is 123 cm³/mol. The molecule has 3 amide bonds. The summed E-state index contributed by atoms with van der Waals surface area (Å²) in [5.74, 6) is -1.68. The number of carbonyl (C=O) groups excluding carboxylic acids is 4. The highest BCUT2D eigenvalue weighted by atomic mass is 16.6. The van der Waals surface area contributed by atoms with Gasteiger partial charge in [0, 0.05) is 12.6 Å². The molecule has 2 N–H and O–H groups in total. The highest BCUT2D eigenvalue weighted by molar-refractivity contribution is 5.92. The molecule has 1 aromatic rings. The summed E-state index contributed by atoms with van der Waals surface area (Å²) in [6.07, 6.45) is 4.82. The lowest BCUT2D eigenvalue weighted by molar-refractivity contribution is -0.143. The van der Waals surface area contributed by atoms with Crippen LogP contribution in [0.1, 0.15) is 56.8 Å². The van der Waals surface area contributed by atoms with E-state index in [0.29, 0.717) is 5.56 Å². The van der Waals surface area contributed by atoms with Crippen LogP contribution >= 0.6 is 0 Å². The van der Waals surface area contributed by atoms with Gasteiger partial charge in [-0.25, -0.2) is 4.79 Å². The van der Waals surface area contributed by atoms with Crippen molar-refractivity contribution in [2.45, 2.75) is 59.6 Å². The van der Waals surface area contributed by atoms with Gasteiger partial charge in [0.05, 0.1) is 13.0 Å². The molecule has 33 heavy (non-hydrogen) atoms. The molecule has 180 valence electrons. The summed E-state index contributed by atoms with van der Waals surface area (Å²) in [6.45, 7) is 10.2. The van der Waals surface area contributed by atoms with Gasteiger partial charge in [0.2, 0.25) is 5.91 Å². The van der Waals surface area contributed by atoms with Gasteiger partial charge in [-0.05, 0) is 58.2 Å². The number of amides is 3. The second-order valence-electron chi connectivity index (χ2n) is 8.30. The van der Waals surface area contributed by atoms with Crippen molar-refractivity contribution < 1.29 is 28.7 Å². The van der Waals surface area contributed by atoms with Crippen LogP contribution in [0.25, 0.3) is 0 Å². The Morgan fingerprint density at radius 3 is 2.24 bits per heavy atom. The Morgan fingerprint density at radius 1 is 1.12 bits per heavy atom. The normalized spacial score (nSPS) is 11.5. The minimum atomic E-state index is -1.16. The molecule has 0 radical (unpaired) electrons. The first-order chi connectivity index (χ1) is 15.4. The molecule has 0 spiro atoms. The number of carbonyl (C=O) groups is 4. The van der Waals surface area contributed by atoms with E-state index in [1.54, 1.807) is 53.7 Å². The van der Waals surface area contributed by atoms with Crippen molar-refractivity contribution in [3.05, 3.63) is 34.9 Å². The number of ether oxygens (including phenoxy) is 2. The summed E-state index contributed by atoms with van der Waals surface area (Å²) in [5.41, 5.74) is 1.34. The highest BCUT2D eigenvalue weighted by Gasteiger charge is 2.33. The van der Waals surface area contributed by atoms with Crippen molar-refractivity contribution in [1.82, 2.24) is 15.5 Å². The SMILES string of the molecule is C#CN(C(=O)CNC(=O)OC(C)(C)C)C(C(=O)NCCC(=O)OCC)c1c(C)cccc1C. The van der Waals surface area contributed by atoms with Crippen LogP contribution in [0.4, 0.5) is 4.79 Å². The van der Waals surface area contributed by atoms with Crippen molar-refractivity contribution >= 4 is 23.9 Å². The van der Waals surface area contributed by atoms with Crippen molar-refractivity contribution in [2.24, 2.45) is 0 Å². The number of nitrogens with zero attached hydrogens (tertiary/aromatic N) is 1. The van der Waals surface area contributed by atoms with E-state index in [1.807, 2.05) is 6.07 Å². The van der Waals surface area contributed by atoms with Gasteiger partial charge >= 0.3 is 12.1 Å². The average molecular weight is 460 g/mol. The van der Waals surface area contributed by atoms with Crippen molar-refractivity contribution in [1.29, 1.82) is 0 Å². The zero-order valence-corrected chi connectivity index (χ0v) is 20.1. The van der Waals surface area contributed by atoms with E-state index < -0.39 is 42.1 Å². The Balaban J connectivity index is 3.11. The van der Waals surface area contributed by atoms with Crippen LogP contribution < -0.4 is 10.6 Å². The van der Waals surface area contributed by atoms with Crippen LogP contribution in [-0.2, 0) is 23.9 Å². The summed E-state index contributed by atoms with van der Waals surface area (Å²) in [7, 11) is 0. The molecule has 1 unspecified atom stereocenters. The van der Waals surface area contributed by atoms with Gasteiger partial charge in [0.25, 0.3) is 5.91 Å². The summed E-state index contributed by atoms with van der Waals surface area (Å²) in [6, 6.07) is 6.54. The first-order valence-electron chi connectivity index (χ1n) is 10.7. The number of nitrogens with one attached hydrogen (secondary N) is 2. The van der Waals surface area contributed by atoms with Crippen LogP contribution in [0.2, 0.25) is 0 Å². The Hall–Kier alpha value is -3.54. The maximum Gasteiger partial charge on any atom is 0.408 e. The van der Waals surface area contributed by atoms with Crippen molar-refractivity contribution in [2.75, 3.05) is 19.7 Å². The molecule has 0 saturated heterocycles. The molecule has 0 bridgehead atoms. The van der Waals surface area contributed by atoms with E-state index in [0.717, 1.165) is 16.0 Å². The molecule has 1 atom stereocenters. The van der Waals surface area contributed by atoms with E-state index in [2.05, 4.69) is 16.7 Å². The molecule has 0 aromatic heterocycles. The number of benzene rings is 1. The topological polar surface area (TPSA) is 114 Å². The Labute approximate surface area is 195 Å². The van der Waals surface area contributed by atoms with Crippen LogP contribution in [0, 0.1) is 26.3 Å². The predicted octanol–water partition coefficient (Wildman–Crippen LogP) is 2.36. The lowest BCUT2D eigenvalue weighted by atomic mass is 9.94. The number of aryl methyl sites for hydroxylation is 2. The Bertz CT molecular complexity index is 894. The molecular formula is C24H33N3O6. The highest BCUT2D eigenvalue weighted by Crippen LogP contribution is 2.27. The minimum Gasteiger partial charge on any atom is -0.466 e. The fraction of sp³-hybridized carbons (Fsp3) is 0.500. The van der Waals surface area contributed by atoms with Gasteiger partial charge in [-0.3, -0.25) is 19.3 Å². The number of terminal acetylenes is 1. The summed E-state index contributed by atoms with van der Waals surface area (Å²) in [4.78, 5) is 50.5. The van der Waals surface area contributed by atoms with Gasteiger partial charge in [0.1, 0.15) is 18.2 Å². The van der Waals surface area contributed by atoms with Gasteiger partial charge in [-0.2, -0.15) is 0 Å². The van der Waals surface area contributed by atoms with Crippen LogP contribution in [0.5, 0.6) is 0 Å². The number of hydrogen-bond acceptors (Lipinski definition) is 6. The molecule has 0 aliphatic rings. The lowest BCUT2D eigenvalue weighted by Gasteiger charge is -2.29. The van der Waals surface area contributed by atoms with E-state index in [-0.39, 0.29) is 19.6 Å². The van der Waals surface area contributed by atoms with E-state index in [9.17, 15) is 19.2 Å².